The van der Waals surface area contributed by atoms with E-state index in [1.807, 2.05) is 13.1 Å². The van der Waals surface area contributed by atoms with Crippen LogP contribution in [0.1, 0.15) is 11.6 Å². The SMILES string of the molecule is C=C[C@@H](c1ccc2ccccc2c1)N(C)COC. The maximum atomic E-state index is 5.17. The fourth-order valence-electron chi connectivity index (χ4n) is 2.25. The Morgan fingerprint density at radius 3 is 2.61 bits per heavy atom. The van der Waals surface area contributed by atoms with Gasteiger partial charge in [0.05, 0.1) is 12.8 Å². The Morgan fingerprint density at radius 2 is 1.94 bits per heavy atom. The molecule has 1 atom stereocenters. The third-order valence-electron chi connectivity index (χ3n) is 3.15. The summed E-state index contributed by atoms with van der Waals surface area (Å²) in [6.07, 6.45) is 1.95. The molecule has 2 aromatic rings. The molecule has 0 fully saturated rings. The monoisotopic (exact) mass is 241 g/mol. The van der Waals surface area contributed by atoms with Crippen LogP contribution in [0.2, 0.25) is 0 Å². The van der Waals surface area contributed by atoms with E-state index in [0.29, 0.717) is 6.73 Å². The molecule has 0 radical (unpaired) electrons. The van der Waals surface area contributed by atoms with Crippen LogP contribution in [0.4, 0.5) is 0 Å². The van der Waals surface area contributed by atoms with Gasteiger partial charge in [-0.05, 0) is 29.4 Å². The Labute approximate surface area is 108 Å². The highest BCUT2D eigenvalue weighted by Gasteiger charge is 2.13. The van der Waals surface area contributed by atoms with Gasteiger partial charge in [-0.3, -0.25) is 4.90 Å². The van der Waals surface area contributed by atoms with E-state index >= 15 is 0 Å². The molecule has 2 nitrogen and oxygen atoms in total. The summed E-state index contributed by atoms with van der Waals surface area (Å²) in [6, 6.07) is 15.1. The molecule has 0 amide bonds. The number of hydrogen-bond acceptors (Lipinski definition) is 2. The first-order valence-electron chi connectivity index (χ1n) is 6.06. The molecule has 2 heteroatoms. The number of ether oxygens (including phenoxy) is 1. The molecule has 0 unspecified atom stereocenters. The van der Waals surface area contributed by atoms with Crippen molar-refractivity contribution in [3.8, 4) is 0 Å². The lowest BCUT2D eigenvalue weighted by molar-refractivity contribution is 0.0651. The van der Waals surface area contributed by atoms with Gasteiger partial charge in [0.15, 0.2) is 0 Å². The molecule has 0 bridgehead atoms. The Bertz CT molecular complexity index is 535. The topological polar surface area (TPSA) is 12.5 Å². The van der Waals surface area contributed by atoms with Crippen molar-refractivity contribution in [3.05, 3.63) is 60.7 Å². The van der Waals surface area contributed by atoms with Gasteiger partial charge in [-0.25, -0.2) is 0 Å². The second-order valence-electron chi connectivity index (χ2n) is 4.46. The zero-order valence-electron chi connectivity index (χ0n) is 11.0. The van der Waals surface area contributed by atoms with Gasteiger partial charge in [0.1, 0.15) is 0 Å². The van der Waals surface area contributed by atoms with Crippen LogP contribution >= 0.6 is 0 Å². The number of fused-ring (bicyclic) bond motifs is 1. The zero-order chi connectivity index (χ0) is 13.0. The molecule has 0 aliphatic carbocycles. The first-order valence-corrected chi connectivity index (χ1v) is 6.06. The summed E-state index contributed by atoms with van der Waals surface area (Å²) in [5, 5.41) is 2.52. The molecule has 0 N–H and O–H groups in total. The quantitative estimate of drug-likeness (QED) is 0.586. The van der Waals surface area contributed by atoms with Crippen molar-refractivity contribution < 1.29 is 4.74 Å². The normalized spacial score (nSPS) is 12.8. The van der Waals surface area contributed by atoms with E-state index in [9.17, 15) is 0 Å². The minimum atomic E-state index is 0.176. The van der Waals surface area contributed by atoms with Gasteiger partial charge in [0.25, 0.3) is 0 Å². The van der Waals surface area contributed by atoms with Crippen LogP contribution in [-0.2, 0) is 4.74 Å². The van der Waals surface area contributed by atoms with Crippen molar-refractivity contribution in [2.45, 2.75) is 6.04 Å². The Morgan fingerprint density at radius 1 is 1.22 bits per heavy atom. The van der Waals surface area contributed by atoms with Crippen molar-refractivity contribution in [1.82, 2.24) is 4.90 Å². The van der Waals surface area contributed by atoms with Crippen molar-refractivity contribution >= 4 is 10.8 Å². The van der Waals surface area contributed by atoms with Crippen molar-refractivity contribution in [3.63, 3.8) is 0 Å². The van der Waals surface area contributed by atoms with Gasteiger partial charge in [-0.2, -0.15) is 0 Å². The van der Waals surface area contributed by atoms with Crippen LogP contribution in [0.5, 0.6) is 0 Å². The van der Waals surface area contributed by atoms with Gasteiger partial charge in [0, 0.05) is 7.11 Å². The van der Waals surface area contributed by atoms with Crippen molar-refractivity contribution in [2.24, 2.45) is 0 Å². The van der Waals surface area contributed by atoms with Gasteiger partial charge in [-0.15, -0.1) is 6.58 Å². The lowest BCUT2D eigenvalue weighted by atomic mass is 10.0. The first kappa shape index (κ1) is 12.8. The van der Waals surface area contributed by atoms with Gasteiger partial charge in [0.2, 0.25) is 0 Å². The molecule has 18 heavy (non-hydrogen) atoms. The third-order valence-corrected chi connectivity index (χ3v) is 3.15. The fraction of sp³-hybridized carbons (Fsp3) is 0.250. The molecule has 0 aromatic heterocycles. The second kappa shape index (κ2) is 5.80. The van der Waals surface area contributed by atoms with Crippen LogP contribution in [-0.4, -0.2) is 25.8 Å². The van der Waals surface area contributed by atoms with E-state index in [1.165, 1.54) is 16.3 Å². The molecule has 0 aliphatic heterocycles. The van der Waals surface area contributed by atoms with Crippen molar-refractivity contribution in [2.75, 3.05) is 20.9 Å². The average Bonchev–Trinajstić information content (AvgIpc) is 2.40. The van der Waals surface area contributed by atoms with Crippen LogP contribution < -0.4 is 0 Å². The number of benzene rings is 2. The van der Waals surface area contributed by atoms with E-state index in [2.05, 4.69) is 53.9 Å². The van der Waals surface area contributed by atoms with Gasteiger partial charge >= 0.3 is 0 Å². The first-order chi connectivity index (χ1) is 8.76. The highest BCUT2D eigenvalue weighted by atomic mass is 16.5. The highest BCUT2D eigenvalue weighted by molar-refractivity contribution is 5.83. The minimum Gasteiger partial charge on any atom is -0.369 e. The number of methoxy groups -OCH3 is 1. The minimum absolute atomic E-state index is 0.176. The molecule has 2 aromatic carbocycles. The Balaban J connectivity index is 2.36. The molecule has 0 saturated carbocycles. The maximum absolute atomic E-state index is 5.17. The summed E-state index contributed by atoms with van der Waals surface area (Å²) >= 11 is 0. The Kier molecular flexibility index (Phi) is 4.13. The predicted molar refractivity (Wildman–Crippen MR) is 76.5 cm³/mol. The number of rotatable bonds is 5. The summed E-state index contributed by atoms with van der Waals surface area (Å²) in [5.41, 5.74) is 1.24. The van der Waals surface area contributed by atoms with Crippen LogP contribution in [0, 0.1) is 0 Å². The summed E-state index contributed by atoms with van der Waals surface area (Å²) in [6.45, 7) is 4.51. The molecule has 0 spiro atoms. The molecule has 94 valence electrons. The summed E-state index contributed by atoms with van der Waals surface area (Å²) in [4.78, 5) is 2.12. The second-order valence-corrected chi connectivity index (χ2v) is 4.46. The van der Waals surface area contributed by atoms with E-state index in [0.717, 1.165) is 0 Å². The third kappa shape index (κ3) is 2.61. The van der Waals surface area contributed by atoms with Crippen LogP contribution in [0.15, 0.2) is 55.1 Å². The van der Waals surface area contributed by atoms with Crippen molar-refractivity contribution in [1.29, 1.82) is 0 Å². The van der Waals surface area contributed by atoms with Crippen LogP contribution in [0.3, 0.4) is 0 Å². The number of nitrogens with zero attached hydrogens (tertiary/aromatic N) is 1. The summed E-state index contributed by atoms with van der Waals surface area (Å²) in [7, 11) is 3.74. The molecule has 0 aliphatic rings. The highest BCUT2D eigenvalue weighted by Crippen LogP contribution is 2.24. The fourth-order valence-corrected chi connectivity index (χ4v) is 2.25. The number of hydrogen-bond donors (Lipinski definition) is 0. The zero-order valence-corrected chi connectivity index (χ0v) is 11.0. The van der Waals surface area contributed by atoms with Gasteiger partial charge in [-0.1, -0.05) is 42.5 Å². The Hall–Kier alpha value is -1.64. The van der Waals surface area contributed by atoms with E-state index < -0.39 is 0 Å². The van der Waals surface area contributed by atoms with E-state index in [1.54, 1.807) is 7.11 Å². The molecular weight excluding hydrogens is 222 g/mol. The van der Waals surface area contributed by atoms with Crippen LogP contribution in [0.25, 0.3) is 10.8 Å². The lowest BCUT2D eigenvalue weighted by Crippen LogP contribution is -2.25. The molecule has 2 rings (SSSR count). The smallest absolute Gasteiger partial charge is 0.0991 e. The maximum Gasteiger partial charge on any atom is 0.0991 e. The summed E-state index contributed by atoms with van der Waals surface area (Å²) in [5.74, 6) is 0. The summed E-state index contributed by atoms with van der Waals surface area (Å²) < 4.78 is 5.17. The van der Waals surface area contributed by atoms with E-state index in [-0.39, 0.29) is 6.04 Å². The molecule has 0 heterocycles. The standard InChI is InChI=1S/C16H19NO/c1-4-16(17(2)12-18-3)15-10-9-13-7-5-6-8-14(13)11-15/h4-11,16H,1,12H2,2-3H3/t16-/m0/s1. The van der Waals surface area contributed by atoms with Gasteiger partial charge < -0.3 is 4.74 Å². The largest absolute Gasteiger partial charge is 0.369 e. The predicted octanol–water partition coefficient (Wildman–Crippen LogP) is 3.60. The lowest BCUT2D eigenvalue weighted by Gasteiger charge is -2.25. The molecule has 0 saturated heterocycles. The number of likely N-dealkylation sites (N-methyl/N-ethyl adjacent to an activating group) is 1. The van der Waals surface area contributed by atoms with E-state index in [4.69, 9.17) is 4.74 Å². The average molecular weight is 241 g/mol. The molecular formula is C16H19NO.